The van der Waals surface area contributed by atoms with E-state index >= 15 is 0 Å². The third kappa shape index (κ3) is 23.2. The Morgan fingerprint density at radius 2 is 0.864 bits per heavy atom. The molecule has 0 aliphatic heterocycles. The van der Waals surface area contributed by atoms with Gasteiger partial charge in [-0.15, -0.1) is 0 Å². The smallest absolute Gasteiger partial charge is 0.410 e. The Balaban J connectivity index is 0.943. The molecule has 334 valence electrons. The van der Waals surface area contributed by atoms with Gasteiger partial charge in [-0.3, -0.25) is 0 Å². The molecule has 0 heterocycles. The molecule has 0 atom stereocenters. The lowest BCUT2D eigenvalue weighted by Gasteiger charge is -2.24. The highest BCUT2D eigenvalue weighted by molar-refractivity contribution is 5.79. The molecule has 1 aliphatic rings. The van der Waals surface area contributed by atoms with Crippen LogP contribution >= 0.6 is 0 Å². The van der Waals surface area contributed by atoms with Crippen molar-refractivity contribution in [2.45, 2.75) is 32.3 Å². The molecule has 0 unspecified atom stereocenters. The molecule has 59 heavy (non-hydrogen) atoms. The number of alkyl carbamates (subject to hydrolysis) is 1. The summed E-state index contributed by atoms with van der Waals surface area (Å²) >= 11 is 0. The van der Waals surface area contributed by atoms with Crippen LogP contribution in [0.25, 0.3) is 11.1 Å². The topological polar surface area (TPSA) is 160 Å². The molecule has 0 spiro atoms. The number of nitrogens with one attached hydrogen (secondary N) is 1. The van der Waals surface area contributed by atoms with Crippen molar-refractivity contribution in [3.63, 3.8) is 0 Å². The zero-order valence-electron chi connectivity index (χ0n) is 35.6. The molecule has 0 bridgehead atoms. The Morgan fingerprint density at radius 1 is 0.525 bits per heavy atom. The van der Waals surface area contributed by atoms with E-state index in [0.29, 0.717) is 145 Å². The van der Waals surface area contributed by atoms with Crippen LogP contribution in [0.15, 0.2) is 48.5 Å². The van der Waals surface area contributed by atoms with E-state index in [1.165, 1.54) is 27.2 Å². The predicted octanol–water partition coefficient (Wildman–Crippen LogP) is 4.56. The van der Waals surface area contributed by atoms with E-state index in [4.69, 9.17) is 56.8 Å². The molecule has 2 aromatic rings. The Morgan fingerprint density at radius 3 is 1.24 bits per heavy atom. The van der Waals surface area contributed by atoms with Crippen molar-refractivity contribution in [3.8, 4) is 11.1 Å². The van der Waals surface area contributed by atoms with E-state index in [0.717, 1.165) is 0 Å². The van der Waals surface area contributed by atoms with Gasteiger partial charge in [0.15, 0.2) is 0 Å². The van der Waals surface area contributed by atoms with Gasteiger partial charge in [0, 0.05) is 26.1 Å². The minimum Gasteiger partial charge on any atom is -0.449 e. The maximum Gasteiger partial charge on any atom is 0.410 e. The average molecular weight is 837 g/mol. The largest absolute Gasteiger partial charge is 0.449 e. The van der Waals surface area contributed by atoms with E-state index in [1.54, 1.807) is 7.05 Å². The number of ether oxygens (including phenoxy) is 12. The normalized spacial score (nSPS) is 12.3. The monoisotopic (exact) mass is 836 g/mol. The first-order valence-corrected chi connectivity index (χ1v) is 20.6. The highest BCUT2D eigenvalue weighted by atomic mass is 16.6. The molecule has 0 saturated carbocycles. The Hall–Kier alpha value is -3.42. The molecule has 16 nitrogen and oxygen atoms in total. The number of likely N-dealkylation sites (N-methyl/N-ethyl adjacent to an activating group) is 1. The van der Waals surface area contributed by atoms with Crippen LogP contribution in [0.2, 0.25) is 0 Å². The molecule has 0 saturated heterocycles. The third-order valence-electron chi connectivity index (χ3n) is 8.48. The highest BCUT2D eigenvalue weighted by Gasteiger charge is 2.29. The molecule has 1 N–H and O–H groups in total. The Bertz CT molecular complexity index is 1350. The van der Waals surface area contributed by atoms with Gasteiger partial charge < -0.3 is 67.1 Å². The van der Waals surface area contributed by atoms with Crippen molar-refractivity contribution in [3.05, 3.63) is 59.7 Å². The number of fused-ring (bicyclic) bond motifs is 3. The fourth-order valence-corrected chi connectivity index (χ4v) is 5.59. The van der Waals surface area contributed by atoms with Gasteiger partial charge in [-0.2, -0.15) is 0 Å². The molecule has 0 aromatic heterocycles. The van der Waals surface area contributed by atoms with Crippen molar-refractivity contribution in [1.82, 2.24) is 10.2 Å². The summed E-state index contributed by atoms with van der Waals surface area (Å²) in [6.45, 7) is 15.7. The molecular formula is C43H68N2O14. The number of benzene rings is 2. The number of carbonyl (C=O) groups is 2. The lowest BCUT2D eigenvalue weighted by Crippen LogP contribution is -2.36. The molecule has 1 aliphatic carbocycles. The molecule has 2 aromatic carbocycles. The van der Waals surface area contributed by atoms with Crippen molar-refractivity contribution in [2.75, 3.05) is 159 Å². The van der Waals surface area contributed by atoms with Crippen LogP contribution in [0.4, 0.5) is 9.59 Å². The van der Waals surface area contributed by atoms with E-state index in [1.807, 2.05) is 45.0 Å². The summed E-state index contributed by atoms with van der Waals surface area (Å²) in [5, 5.41) is 2.74. The Kier molecular flexibility index (Phi) is 26.6. The minimum absolute atomic E-state index is 0.0324. The number of carbonyl (C=O) groups excluding carboxylic acids is 2. The lowest BCUT2D eigenvalue weighted by atomic mass is 9.98. The average Bonchev–Trinajstić information content (AvgIpc) is 3.54. The summed E-state index contributed by atoms with van der Waals surface area (Å²) < 4.78 is 65.9. The number of nitrogens with zero attached hydrogens (tertiary/aromatic N) is 1. The summed E-state index contributed by atoms with van der Waals surface area (Å²) in [7, 11) is 1.68. The number of rotatable bonds is 35. The quantitative estimate of drug-likeness (QED) is 0.0964. The van der Waals surface area contributed by atoms with Crippen LogP contribution in [-0.4, -0.2) is 182 Å². The number of amides is 2. The van der Waals surface area contributed by atoms with Crippen molar-refractivity contribution in [2.24, 2.45) is 0 Å². The van der Waals surface area contributed by atoms with Crippen LogP contribution in [0.1, 0.15) is 37.8 Å². The summed E-state index contributed by atoms with van der Waals surface area (Å²) in [6, 6.07) is 16.5. The first kappa shape index (κ1) is 49.9. The van der Waals surface area contributed by atoms with Gasteiger partial charge in [-0.1, -0.05) is 48.5 Å². The van der Waals surface area contributed by atoms with Gasteiger partial charge in [-0.05, 0) is 43.0 Å². The summed E-state index contributed by atoms with van der Waals surface area (Å²) in [5.41, 5.74) is 4.24. The maximum atomic E-state index is 12.3. The predicted molar refractivity (Wildman–Crippen MR) is 220 cm³/mol. The van der Waals surface area contributed by atoms with Crippen LogP contribution in [0.3, 0.4) is 0 Å². The Labute approximate surface area is 350 Å². The van der Waals surface area contributed by atoms with Crippen molar-refractivity contribution in [1.29, 1.82) is 0 Å². The fourth-order valence-electron chi connectivity index (χ4n) is 5.59. The second-order valence-electron chi connectivity index (χ2n) is 14.3. The first-order valence-electron chi connectivity index (χ1n) is 20.6. The molecular weight excluding hydrogens is 768 g/mol. The lowest BCUT2D eigenvalue weighted by molar-refractivity contribution is -0.0266. The summed E-state index contributed by atoms with van der Waals surface area (Å²) in [5.74, 6) is 0.0324. The van der Waals surface area contributed by atoms with E-state index in [2.05, 4.69) is 29.6 Å². The zero-order chi connectivity index (χ0) is 42.2. The summed E-state index contributed by atoms with van der Waals surface area (Å²) in [6.07, 6.45) is -0.825. The zero-order valence-corrected chi connectivity index (χ0v) is 35.6. The van der Waals surface area contributed by atoms with Gasteiger partial charge in [0.1, 0.15) is 12.2 Å². The summed E-state index contributed by atoms with van der Waals surface area (Å²) in [4.78, 5) is 25.6. The molecule has 0 fully saturated rings. The molecule has 2 amide bonds. The van der Waals surface area contributed by atoms with Gasteiger partial charge in [0.2, 0.25) is 0 Å². The van der Waals surface area contributed by atoms with Crippen LogP contribution in [-0.2, 0) is 56.8 Å². The highest BCUT2D eigenvalue weighted by Crippen LogP contribution is 2.44. The van der Waals surface area contributed by atoms with E-state index < -0.39 is 11.7 Å². The van der Waals surface area contributed by atoms with Crippen LogP contribution in [0.5, 0.6) is 0 Å². The number of hydrogen-bond acceptors (Lipinski definition) is 14. The van der Waals surface area contributed by atoms with Crippen LogP contribution in [0, 0.1) is 0 Å². The fraction of sp³-hybridized carbons (Fsp3) is 0.674. The molecule has 3 rings (SSSR count). The standard InChI is InChI=1S/C43H68N2O14/c1-43(2,3)59-42(47)45(4)14-16-49-18-20-51-22-24-53-26-28-55-30-32-57-34-33-56-31-29-54-27-25-52-23-21-50-19-17-48-15-13-44-41(46)58-35-40-38-11-7-5-9-36(38)37-10-6-8-12-39(37)40/h5-12,40H,13-35H2,1-4H3,(H,44,46). The third-order valence-corrected chi connectivity index (χ3v) is 8.48. The molecule has 16 heteroatoms. The van der Waals surface area contributed by atoms with Gasteiger partial charge in [0.25, 0.3) is 0 Å². The first-order chi connectivity index (χ1) is 28.8. The van der Waals surface area contributed by atoms with Crippen LogP contribution < -0.4 is 5.32 Å². The second-order valence-corrected chi connectivity index (χ2v) is 14.3. The van der Waals surface area contributed by atoms with Crippen molar-refractivity contribution >= 4 is 12.2 Å². The van der Waals surface area contributed by atoms with Gasteiger partial charge >= 0.3 is 12.2 Å². The van der Waals surface area contributed by atoms with E-state index in [-0.39, 0.29) is 18.6 Å². The second kappa shape index (κ2) is 31.5. The number of hydrogen-bond donors (Lipinski definition) is 1. The SMILES string of the molecule is CN(CCOCCOCCOCCOCCOCCOCCOCCOCCOCCOCCNC(=O)OCC1c2ccccc2-c2ccccc21)C(=O)OC(C)(C)C. The van der Waals surface area contributed by atoms with E-state index in [9.17, 15) is 9.59 Å². The molecule has 0 radical (unpaired) electrons. The van der Waals surface area contributed by atoms with Gasteiger partial charge in [0.05, 0.1) is 132 Å². The van der Waals surface area contributed by atoms with Crippen molar-refractivity contribution < 1.29 is 66.4 Å². The minimum atomic E-state index is -0.516. The maximum absolute atomic E-state index is 12.3. The van der Waals surface area contributed by atoms with Gasteiger partial charge in [-0.25, -0.2) is 9.59 Å².